The molecular weight excluding hydrogens is 1050 g/mol. The molecule has 15 nitrogen and oxygen atoms in total. The van der Waals surface area contributed by atoms with E-state index in [0.717, 1.165) is 11.5 Å². The lowest BCUT2D eigenvalue weighted by atomic mass is 10.3. The summed E-state index contributed by atoms with van der Waals surface area (Å²) >= 11 is 1.78. The van der Waals surface area contributed by atoms with Gasteiger partial charge in [0, 0.05) is 114 Å². The Labute approximate surface area is 513 Å². The molecule has 0 aliphatic carbocycles. The van der Waals surface area contributed by atoms with Crippen LogP contribution in [0.4, 0.5) is 0 Å². The molecule has 0 aromatic carbocycles. The van der Waals surface area contributed by atoms with E-state index >= 15 is 0 Å². The first-order chi connectivity index (χ1) is 40.4. The van der Waals surface area contributed by atoms with E-state index in [4.69, 9.17) is 4.42 Å². The lowest BCUT2D eigenvalue weighted by molar-refractivity contribution is 0.534. The summed E-state index contributed by atoms with van der Waals surface area (Å²) in [7, 11) is 9.53. The normalized spacial score (nSPS) is 7.40. The maximum atomic E-state index is 4.83. The van der Waals surface area contributed by atoms with Crippen molar-refractivity contribution in [2.45, 2.75) is 173 Å². The fourth-order valence-corrected chi connectivity index (χ4v) is 4.18. The van der Waals surface area contributed by atoms with Gasteiger partial charge in [0.25, 0.3) is 0 Å². The molecule has 10 heterocycles. The van der Waals surface area contributed by atoms with Crippen molar-refractivity contribution in [2.75, 3.05) is 0 Å². The van der Waals surface area contributed by atoms with Crippen LogP contribution in [0.2, 0.25) is 0 Å². The Morgan fingerprint density at radius 1 is 0.373 bits per heavy atom. The van der Waals surface area contributed by atoms with Gasteiger partial charge < -0.3 is 18.1 Å². The minimum Gasteiger partial charge on any atom is -0.470 e. The van der Waals surface area contributed by atoms with E-state index in [1.807, 2.05) is 314 Å². The van der Waals surface area contributed by atoms with Crippen molar-refractivity contribution < 1.29 is 4.42 Å². The minimum atomic E-state index is 0.968. The van der Waals surface area contributed by atoms with Gasteiger partial charge in [-0.3, -0.25) is 24.3 Å². The summed E-state index contributed by atoms with van der Waals surface area (Å²) in [4.78, 5) is 20.6. The number of hydrogen-bond donors (Lipinski definition) is 0. The molecular formula is C67H122N14OS. The zero-order chi connectivity index (χ0) is 66.2. The van der Waals surface area contributed by atoms with Crippen LogP contribution in [0.25, 0.3) is 0 Å². The summed E-state index contributed by atoms with van der Waals surface area (Å²) in [6.45, 7) is 50.1. The molecule has 0 spiro atoms. The SMILES string of the molecule is CC.CC.CC.CC.CC.CC.CC.CC.CC.CC.Cc1ccccn1.Cc1cccnc1.Cc1ccco1.Cc1cccs1.Cc1ccncc1.Cn1cccc1.Cn1cccn1.Cn1ccnc1.Cn1cncn1.Cn1cnnc1. The Kier molecular flexibility index (Phi) is 110. The topological polar surface area (TPSA) is 154 Å². The van der Waals surface area contributed by atoms with Gasteiger partial charge in [-0.1, -0.05) is 157 Å². The van der Waals surface area contributed by atoms with Gasteiger partial charge in [0.2, 0.25) is 0 Å². The van der Waals surface area contributed by atoms with Crippen LogP contribution in [0.5, 0.6) is 0 Å². The number of aryl methyl sites for hydroxylation is 10. The van der Waals surface area contributed by atoms with Crippen molar-refractivity contribution >= 4 is 11.3 Å². The number of furan rings is 1. The molecule has 0 radical (unpaired) electrons. The van der Waals surface area contributed by atoms with Gasteiger partial charge in [0.15, 0.2) is 0 Å². The van der Waals surface area contributed by atoms with Crippen LogP contribution in [0.3, 0.4) is 0 Å². The van der Waals surface area contributed by atoms with E-state index < -0.39 is 0 Å². The Hall–Kier alpha value is -7.59. The third kappa shape index (κ3) is 91.2. The summed E-state index contributed by atoms with van der Waals surface area (Å²) < 4.78 is 13.9. The van der Waals surface area contributed by atoms with Crippen LogP contribution in [-0.4, -0.2) is 68.4 Å². The zero-order valence-electron chi connectivity index (χ0n) is 58.1. The predicted molar refractivity (Wildman–Crippen MR) is 367 cm³/mol. The monoisotopic (exact) mass is 1170 g/mol. The summed E-state index contributed by atoms with van der Waals surface area (Å²) in [5, 5.41) is 16.7. The third-order valence-electron chi connectivity index (χ3n) is 6.89. The summed E-state index contributed by atoms with van der Waals surface area (Å²) in [5.41, 5.74) is 3.54. The van der Waals surface area contributed by atoms with Crippen LogP contribution < -0.4 is 0 Å². The number of thiophene rings is 1. The summed E-state index contributed by atoms with van der Waals surface area (Å²) in [5.74, 6) is 0.968. The number of aromatic nitrogens is 14. The molecule has 10 rings (SSSR count). The summed E-state index contributed by atoms with van der Waals surface area (Å²) in [6, 6.07) is 27.6. The molecule has 0 aliphatic heterocycles. The van der Waals surface area contributed by atoms with Crippen molar-refractivity contribution in [1.29, 1.82) is 0 Å². The Morgan fingerprint density at radius 2 is 0.940 bits per heavy atom. The standard InChI is InChI=1S/3C6H7N.C5H7N.C5H6O.C5H6S.2C4H6N2.2C3H5N3.10C2H6/c1-6-2-4-7-5-3-6;1-6-3-2-4-7-5-6;1-6-4-2-3-5-7-6;1-6-4-2-3-5-6;2*1-5-3-2-4-6-5;1-6-3-2-5-4-6;1-6-4-2-3-5-6;1-6-2-4-5-3-6;1-6-3-4-2-5-6;10*1-2/h3*2-5H,1H3;2-5H,1H3;4*2-4H,1H3;2*2-3H,1H3;10*1-2H3. The zero-order valence-corrected chi connectivity index (χ0v) is 58.9. The predicted octanol–water partition coefficient (Wildman–Crippen LogP) is 19.6. The molecule has 0 bridgehead atoms. The fraction of sp³-hybridized carbons (Fsp3) is 0.448. The maximum absolute atomic E-state index is 4.83. The van der Waals surface area contributed by atoms with E-state index in [-0.39, 0.29) is 0 Å². The minimum absolute atomic E-state index is 0.968. The number of rotatable bonds is 0. The first kappa shape index (κ1) is 97.6. The summed E-state index contributed by atoms with van der Waals surface area (Å²) in [6.07, 6.45) is 30.1. The quantitative estimate of drug-likeness (QED) is 0.143. The molecule has 0 saturated carbocycles. The van der Waals surface area contributed by atoms with Crippen LogP contribution in [0, 0.1) is 34.6 Å². The van der Waals surface area contributed by atoms with E-state index in [0.29, 0.717) is 0 Å². The molecule has 16 heteroatoms. The third-order valence-corrected chi connectivity index (χ3v) is 7.69. The van der Waals surface area contributed by atoms with Gasteiger partial charge in [-0.25, -0.2) is 9.97 Å². The van der Waals surface area contributed by atoms with Crippen molar-refractivity contribution in [3.05, 3.63) is 224 Å². The highest BCUT2D eigenvalue weighted by molar-refractivity contribution is 7.09. The van der Waals surface area contributed by atoms with Crippen molar-refractivity contribution in [3.63, 3.8) is 0 Å². The van der Waals surface area contributed by atoms with Crippen LogP contribution >= 0.6 is 11.3 Å². The lowest BCUT2D eigenvalue weighted by Crippen LogP contribution is -1.83. The van der Waals surface area contributed by atoms with Gasteiger partial charge in [-0.05, 0) is 118 Å². The first-order valence-electron chi connectivity index (χ1n) is 29.5. The van der Waals surface area contributed by atoms with Gasteiger partial charge in [-0.15, -0.1) is 21.5 Å². The number of imidazole rings is 1. The van der Waals surface area contributed by atoms with Gasteiger partial charge in [0.05, 0.1) is 12.6 Å². The second kappa shape index (κ2) is 93.7. The highest BCUT2D eigenvalue weighted by Gasteiger charge is 1.78. The van der Waals surface area contributed by atoms with Crippen LogP contribution in [-0.2, 0) is 35.2 Å². The average Bonchev–Trinajstić information content (AvgIpc) is 4.43. The fourth-order valence-electron chi connectivity index (χ4n) is 3.66. The molecule has 0 unspecified atom stereocenters. The Morgan fingerprint density at radius 3 is 1.10 bits per heavy atom. The molecule has 83 heavy (non-hydrogen) atoms. The molecule has 10 aromatic rings. The molecule has 0 saturated heterocycles. The van der Waals surface area contributed by atoms with Crippen LogP contribution in [0.1, 0.15) is 166 Å². The van der Waals surface area contributed by atoms with E-state index in [2.05, 4.69) is 69.8 Å². The number of nitrogens with zero attached hydrogens (tertiary/aromatic N) is 14. The lowest BCUT2D eigenvalue weighted by Gasteiger charge is -1.82. The number of pyridine rings is 3. The number of hydrogen-bond acceptors (Lipinski definition) is 11. The first-order valence-corrected chi connectivity index (χ1v) is 30.4. The van der Waals surface area contributed by atoms with E-state index in [9.17, 15) is 0 Å². The molecule has 0 fully saturated rings. The van der Waals surface area contributed by atoms with E-state index in [1.165, 1.54) is 22.3 Å². The second-order valence-electron chi connectivity index (χ2n) is 12.9. The molecule has 0 atom stereocenters. The van der Waals surface area contributed by atoms with Gasteiger partial charge in [-0.2, -0.15) is 10.2 Å². The Bertz CT molecular complexity index is 1900. The average molecular weight is 1170 g/mol. The highest BCUT2D eigenvalue weighted by atomic mass is 32.1. The highest BCUT2D eigenvalue weighted by Crippen LogP contribution is 2.03. The molecule has 0 aliphatic rings. The van der Waals surface area contributed by atoms with Crippen molar-refractivity contribution in [3.8, 4) is 0 Å². The molecule has 0 amide bonds. The van der Waals surface area contributed by atoms with Gasteiger partial charge in [0.1, 0.15) is 31.1 Å². The van der Waals surface area contributed by atoms with Crippen molar-refractivity contribution in [2.24, 2.45) is 35.2 Å². The second-order valence-corrected chi connectivity index (χ2v) is 14.1. The smallest absolute Gasteiger partial charge is 0.137 e. The van der Waals surface area contributed by atoms with Gasteiger partial charge >= 0.3 is 0 Å². The van der Waals surface area contributed by atoms with E-state index in [1.54, 1.807) is 94.0 Å². The maximum Gasteiger partial charge on any atom is 0.137 e. The molecule has 10 aromatic heterocycles. The molecule has 0 N–H and O–H groups in total. The van der Waals surface area contributed by atoms with Crippen molar-refractivity contribution in [1.82, 2.24) is 68.4 Å². The largest absolute Gasteiger partial charge is 0.470 e. The Balaban J connectivity index is -0.0000000863. The molecule has 472 valence electrons. The van der Waals surface area contributed by atoms with Crippen LogP contribution in [0.15, 0.2) is 201 Å².